The third-order valence-corrected chi connectivity index (χ3v) is 9.43. The van der Waals surface area contributed by atoms with Crippen molar-refractivity contribution in [3.63, 3.8) is 0 Å². The Bertz CT molecular complexity index is 1540. The van der Waals surface area contributed by atoms with E-state index >= 15 is 0 Å². The van der Waals surface area contributed by atoms with E-state index in [1.807, 2.05) is 67.6 Å². The quantitative estimate of drug-likeness (QED) is 0.162. The maximum atomic E-state index is 13.3. The molecule has 2 amide bonds. The first kappa shape index (κ1) is 28.6. The van der Waals surface area contributed by atoms with Gasteiger partial charge in [-0.2, -0.15) is 0 Å². The molecule has 2 N–H and O–H groups in total. The average Bonchev–Trinajstić information content (AvgIpc) is 3.34. The molecule has 0 spiro atoms. The van der Waals surface area contributed by atoms with Crippen LogP contribution in [0.25, 0.3) is 0 Å². The molecule has 0 saturated carbocycles. The van der Waals surface area contributed by atoms with E-state index in [-0.39, 0.29) is 18.2 Å². The van der Waals surface area contributed by atoms with Crippen molar-refractivity contribution in [2.75, 3.05) is 17.7 Å². The highest BCUT2D eigenvalue weighted by Gasteiger charge is 2.31. The predicted octanol–water partition coefficient (Wildman–Crippen LogP) is 7.11. The molecule has 3 aromatic carbocycles. The summed E-state index contributed by atoms with van der Waals surface area (Å²) in [5.74, 6) is -0.339. The third kappa shape index (κ3) is 7.07. The Hall–Kier alpha value is -3.88. The molecule has 2 unspecified atom stereocenters. The normalized spacial score (nSPS) is 14.9. The van der Waals surface area contributed by atoms with Gasteiger partial charge in [-0.1, -0.05) is 66.7 Å². The van der Waals surface area contributed by atoms with Crippen LogP contribution in [0.3, 0.4) is 0 Å². The van der Waals surface area contributed by atoms with E-state index in [1.54, 1.807) is 0 Å². The molecule has 0 aliphatic heterocycles. The summed E-state index contributed by atoms with van der Waals surface area (Å²) < 4.78 is 5.11. The van der Waals surface area contributed by atoms with Gasteiger partial charge in [-0.15, -0.1) is 23.1 Å². The Morgan fingerprint density at radius 3 is 2.44 bits per heavy atom. The van der Waals surface area contributed by atoms with Gasteiger partial charge in [0.25, 0.3) is 0 Å². The van der Waals surface area contributed by atoms with Gasteiger partial charge < -0.3 is 15.4 Å². The first-order chi connectivity index (χ1) is 19.9. The summed E-state index contributed by atoms with van der Waals surface area (Å²) >= 11 is 2.87. The highest BCUT2D eigenvalue weighted by atomic mass is 32.2. The van der Waals surface area contributed by atoms with E-state index in [0.29, 0.717) is 22.2 Å². The van der Waals surface area contributed by atoms with Crippen molar-refractivity contribution in [2.24, 2.45) is 0 Å². The first-order valence-electron chi connectivity index (χ1n) is 13.6. The van der Waals surface area contributed by atoms with E-state index in [9.17, 15) is 14.4 Å². The fourth-order valence-electron chi connectivity index (χ4n) is 5.11. The molecule has 1 aliphatic rings. The zero-order valence-corrected chi connectivity index (χ0v) is 24.6. The van der Waals surface area contributed by atoms with Crippen molar-refractivity contribution < 1.29 is 19.1 Å². The molecule has 8 heteroatoms. The van der Waals surface area contributed by atoms with E-state index in [4.69, 9.17) is 4.74 Å². The van der Waals surface area contributed by atoms with Crippen LogP contribution in [0.2, 0.25) is 0 Å². The number of fused-ring (bicyclic) bond motifs is 1. The van der Waals surface area contributed by atoms with Crippen LogP contribution in [-0.2, 0) is 33.6 Å². The summed E-state index contributed by atoms with van der Waals surface area (Å²) in [6.07, 6.45) is 2.82. The van der Waals surface area contributed by atoms with Gasteiger partial charge in [0.1, 0.15) is 5.00 Å². The molecule has 4 aromatic rings. The molecule has 0 radical (unpaired) electrons. The molecule has 41 heavy (non-hydrogen) atoms. The monoisotopic (exact) mass is 584 g/mol. The lowest BCUT2D eigenvalue weighted by atomic mass is 9.83. The predicted molar refractivity (Wildman–Crippen MR) is 166 cm³/mol. The molecular formula is C33H32N2O4S2. The zero-order chi connectivity index (χ0) is 28.8. The largest absolute Gasteiger partial charge is 0.465 e. The number of anilines is 2. The number of hydrogen-bond acceptors (Lipinski definition) is 6. The van der Waals surface area contributed by atoms with Crippen LogP contribution in [0.4, 0.5) is 10.7 Å². The highest BCUT2D eigenvalue weighted by Crippen LogP contribution is 2.43. The van der Waals surface area contributed by atoms with Crippen LogP contribution in [0.1, 0.15) is 51.2 Å². The van der Waals surface area contributed by atoms with Crippen molar-refractivity contribution in [3.05, 3.63) is 112 Å². The van der Waals surface area contributed by atoms with Crippen LogP contribution in [-0.4, -0.2) is 30.1 Å². The van der Waals surface area contributed by atoms with Crippen LogP contribution in [0, 0.1) is 0 Å². The molecule has 1 heterocycles. The van der Waals surface area contributed by atoms with Crippen LogP contribution < -0.4 is 10.6 Å². The van der Waals surface area contributed by atoms with Crippen molar-refractivity contribution in [3.8, 4) is 0 Å². The number of hydrogen-bond donors (Lipinski definition) is 2. The molecule has 2 atom stereocenters. The Kier molecular flexibility index (Phi) is 9.21. The second-order valence-electron chi connectivity index (χ2n) is 10.0. The lowest BCUT2D eigenvalue weighted by Crippen LogP contribution is -2.23. The molecule has 0 fully saturated rings. The smallest absolute Gasteiger partial charge is 0.341 e. The standard InChI is InChI=1S/C33H32N2O4S2/c1-21(40-26-15-9-14-25(20-26)34-29(36)18-22-10-5-3-6-11-22)31(37)35-32-30(33(38)39-2)27-17-16-24(19-28(27)41-32)23-12-7-4-8-13-23/h3-15,20-21,24H,16-19H2,1-2H3,(H,34,36)(H,35,37). The van der Waals surface area contributed by atoms with E-state index in [2.05, 4.69) is 34.9 Å². The van der Waals surface area contributed by atoms with Crippen LogP contribution >= 0.6 is 23.1 Å². The number of methoxy groups -OCH3 is 1. The summed E-state index contributed by atoms with van der Waals surface area (Å²) in [6, 6.07) is 27.5. The number of thiophene rings is 1. The fraction of sp³-hybridized carbons (Fsp3) is 0.242. The maximum Gasteiger partial charge on any atom is 0.341 e. The van der Waals surface area contributed by atoms with Gasteiger partial charge in [-0.25, -0.2) is 4.79 Å². The Morgan fingerprint density at radius 1 is 0.976 bits per heavy atom. The Morgan fingerprint density at radius 2 is 1.71 bits per heavy atom. The topological polar surface area (TPSA) is 84.5 Å². The minimum Gasteiger partial charge on any atom is -0.465 e. The lowest BCUT2D eigenvalue weighted by Gasteiger charge is -2.22. The number of nitrogens with one attached hydrogen (secondary N) is 2. The molecule has 1 aromatic heterocycles. The fourth-order valence-corrected chi connectivity index (χ4v) is 7.35. The van der Waals surface area contributed by atoms with Crippen LogP contribution in [0.5, 0.6) is 0 Å². The molecule has 6 nitrogen and oxygen atoms in total. The number of ether oxygens (including phenoxy) is 1. The molecule has 210 valence electrons. The summed E-state index contributed by atoms with van der Waals surface area (Å²) in [6.45, 7) is 1.83. The summed E-state index contributed by atoms with van der Waals surface area (Å²) in [5, 5.41) is 6.07. The van der Waals surface area contributed by atoms with Gasteiger partial charge >= 0.3 is 5.97 Å². The minimum atomic E-state index is -0.438. The van der Waals surface area contributed by atoms with Crippen molar-refractivity contribution in [1.29, 1.82) is 0 Å². The van der Waals surface area contributed by atoms with Crippen LogP contribution in [0.15, 0.2) is 89.8 Å². The summed E-state index contributed by atoms with van der Waals surface area (Å²) in [5.41, 5.74) is 4.38. The van der Waals surface area contributed by atoms with Gasteiger partial charge in [0, 0.05) is 15.5 Å². The molecule has 1 aliphatic carbocycles. The third-order valence-electron chi connectivity index (χ3n) is 7.17. The SMILES string of the molecule is COC(=O)c1c(NC(=O)C(C)Sc2cccc(NC(=O)Cc3ccccc3)c2)sc2c1CCC(c1ccccc1)C2. The summed E-state index contributed by atoms with van der Waals surface area (Å²) in [7, 11) is 1.37. The number of rotatable bonds is 9. The van der Waals surface area contributed by atoms with Gasteiger partial charge in [0.05, 0.1) is 24.3 Å². The van der Waals surface area contributed by atoms with Crippen molar-refractivity contribution in [2.45, 2.75) is 48.7 Å². The number of amides is 2. The van der Waals surface area contributed by atoms with E-state index < -0.39 is 11.2 Å². The molecular weight excluding hydrogens is 553 g/mol. The number of thioether (sulfide) groups is 1. The number of esters is 1. The summed E-state index contributed by atoms with van der Waals surface area (Å²) in [4.78, 5) is 40.6. The minimum absolute atomic E-state index is 0.101. The van der Waals surface area contributed by atoms with Gasteiger partial charge in [0.15, 0.2) is 0 Å². The number of benzene rings is 3. The average molecular weight is 585 g/mol. The van der Waals surface area contributed by atoms with Gasteiger partial charge in [-0.3, -0.25) is 9.59 Å². The molecule has 0 bridgehead atoms. The number of carbonyl (C=O) groups excluding carboxylic acids is 3. The van der Waals surface area contributed by atoms with Gasteiger partial charge in [-0.05, 0) is 67.0 Å². The Balaban J connectivity index is 1.25. The van der Waals surface area contributed by atoms with E-state index in [1.165, 1.54) is 35.8 Å². The molecule has 5 rings (SSSR count). The van der Waals surface area contributed by atoms with E-state index in [0.717, 1.165) is 40.2 Å². The first-order valence-corrected chi connectivity index (χ1v) is 15.3. The lowest BCUT2D eigenvalue weighted by molar-refractivity contribution is -0.116. The Labute approximate surface area is 248 Å². The zero-order valence-electron chi connectivity index (χ0n) is 23.0. The second-order valence-corrected chi connectivity index (χ2v) is 12.6. The number of carbonyl (C=O) groups is 3. The van der Waals surface area contributed by atoms with Crippen molar-refractivity contribution >= 4 is 51.6 Å². The maximum absolute atomic E-state index is 13.3. The molecule has 0 saturated heterocycles. The highest BCUT2D eigenvalue weighted by molar-refractivity contribution is 8.00. The van der Waals surface area contributed by atoms with Crippen molar-refractivity contribution in [1.82, 2.24) is 0 Å². The second kappa shape index (κ2) is 13.2. The van der Waals surface area contributed by atoms with Gasteiger partial charge in [0.2, 0.25) is 11.8 Å².